The van der Waals surface area contributed by atoms with Crippen LogP contribution in [0.3, 0.4) is 0 Å². The third-order valence-corrected chi connectivity index (χ3v) is 3.55. The molecule has 1 N–H and O–H groups in total. The summed E-state index contributed by atoms with van der Waals surface area (Å²) in [6, 6.07) is 18.1. The zero-order chi connectivity index (χ0) is 17.2. The van der Waals surface area contributed by atoms with Crippen molar-refractivity contribution in [2.24, 2.45) is 0 Å². The molecule has 2 aromatic carbocycles. The van der Waals surface area contributed by atoms with Gasteiger partial charge in [0.1, 0.15) is 6.61 Å². The molecule has 0 radical (unpaired) electrons. The van der Waals surface area contributed by atoms with Crippen molar-refractivity contribution in [3.05, 3.63) is 71.8 Å². The summed E-state index contributed by atoms with van der Waals surface area (Å²) in [4.78, 5) is 23.0. The molecular formula is C19H21NO4. The van der Waals surface area contributed by atoms with Crippen molar-refractivity contribution in [2.45, 2.75) is 32.3 Å². The monoisotopic (exact) mass is 327 g/mol. The van der Waals surface area contributed by atoms with E-state index in [1.54, 1.807) is 6.92 Å². The van der Waals surface area contributed by atoms with Gasteiger partial charge >= 0.3 is 5.97 Å². The summed E-state index contributed by atoms with van der Waals surface area (Å²) in [6.07, 6.45) is -0.0322. The van der Waals surface area contributed by atoms with Crippen molar-refractivity contribution >= 4 is 12.4 Å². The average molecular weight is 327 g/mol. The molecule has 0 bridgehead atoms. The molecule has 0 heterocycles. The van der Waals surface area contributed by atoms with E-state index in [2.05, 4.69) is 5.32 Å². The molecular weight excluding hydrogens is 306 g/mol. The van der Waals surface area contributed by atoms with E-state index >= 15 is 0 Å². The molecule has 24 heavy (non-hydrogen) atoms. The average Bonchev–Trinajstić information content (AvgIpc) is 2.64. The van der Waals surface area contributed by atoms with Crippen LogP contribution in [0.2, 0.25) is 0 Å². The molecule has 0 fully saturated rings. The third-order valence-electron chi connectivity index (χ3n) is 3.55. The van der Waals surface area contributed by atoms with Gasteiger partial charge in [-0.05, 0) is 18.1 Å². The Hall–Kier alpha value is -2.66. The second-order valence-electron chi connectivity index (χ2n) is 5.36. The number of amides is 1. The number of ether oxygens (including phenoxy) is 2. The van der Waals surface area contributed by atoms with E-state index in [-0.39, 0.29) is 6.61 Å². The number of hydrogen-bond donors (Lipinski definition) is 1. The van der Waals surface area contributed by atoms with Crippen LogP contribution in [0, 0.1) is 0 Å². The number of hydrogen-bond acceptors (Lipinski definition) is 4. The standard InChI is InChI=1S/C19H21NO4/c1-15(23-12-16-8-4-2-5-9-16)18(20-14-21)19(22)24-13-17-10-6-3-7-11-17/h2-11,14-15,18H,12-13H2,1H3,(H,20,21)/t15-,18+/m1/s1. The second-order valence-corrected chi connectivity index (χ2v) is 5.36. The Balaban J connectivity index is 1.88. The van der Waals surface area contributed by atoms with Gasteiger partial charge in [-0.25, -0.2) is 4.79 Å². The Labute approximate surface area is 141 Å². The number of carbonyl (C=O) groups is 2. The normalized spacial score (nSPS) is 12.9. The molecule has 0 saturated carbocycles. The Morgan fingerprint density at radius 3 is 2.08 bits per heavy atom. The molecule has 0 aromatic heterocycles. The summed E-state index contributed by atoms with van der Waals surface area (Å²) < 4.78 is 11.0. The molecule has 126 valence electrons. The fraction of sp³-hybridized carbons (Fsp3) is 0.263. The van der Waals surface area contributed by atoms with E-state index < -0.39 is 18.1 Å². The van der Waals surface area contributed by atoms with Gasteiger partial charge in [-0.2, -0.15) is 0 Å². The summed E-state index contributed by atoms with van der Waals surface area (Å²) in [5.74, 6) is -0.522. The minimum absolute atomic E-state index is 0.155. The fourth-order valence-corrected chi connectivity index (χ4v) is 2.19. The van der Waals surface area contributed by atoms with E-state index in [4.69, 9.17) is 9.47 Å². The minimum Gasteiger partial charge on any atom is -0.459 e. The molecule has 5 heteroatoms. The van der Waals surface area contributed by atoms with Crippen molar-refractivity contribution in [2.75, 3.05) is 0 Å². The lowest BCUT2D eigenvalue weighted by molar-refractivity contribution is -0.152. The van der Waals surface area contributed by atoms with E-state index in [9.17, 15) is 9.59 Å². The van der Waals surface area contributed by atoms with Crippen LogP contribution in [0.1, 0.15) is 18.1 Å². The zero-order valence-electron chi connectivity index (χ0n) is 13.6. The van der Waals surface area contributed by atoms with Gasteiger partial charge in [0.05, 0.1) is 12.7 Å². The third kappa shape index (κ3) is 5.52. The van der Waals surface area contributed by atoms with Crippen LogP contribution >= 0.6 is 0 Å². The Bertz CT molecular complexity index is 630. The molecule has 1 amide bonds. The molecule has 0 saturated heterocycles. The molecule has 0 aliphatic carbocycles. The lowest BCUT2D eigenvalue weighted by Crippen LogP contribution is -2.46. The predicted octanol–water partition coefficient (Wildman–Crippen LogP) is 2.45. The number of rotatable bonds is 9. The Morgan fingerprint density at radius 1 is 1.00 bits per heavy atom. The second kappa shape index (κ2) is 9.47. The van der Waals surface area contributed by atoms with Crippen LogP contribution in [0.25, 0.3) is 0 Å². The number of benzene rings is 2. The first-order chi connectivity index (χ1) is 11.7. The number of carbonyl (C=O) groups excluding carboxylic acids is 2. The van der Waals surface area contributed by atoms with Crippen molar-refractivity contribution in [1.29, 1.82) is 0 Å². The SMILES string of the molecule is C[C@@H](OCc1ccccc1)[C@H](NC=O)C(=O)OCc1ccccc1. The highest BCUT2D eigenvalue weighted by Crippen LogP contribution is 2.09. The topological polar surface area (TPSA) is 64.6 Å². The molecule has 0 spiro atoms. The first-order valence-electron chi connectivity index (χ1n) is 7.76. The van der Waals surface area contributed by atoms with E-state index in [0.717, 1.165) is 11.1 Å². The van der Waals surface area contributed by atoms with Gasteiger partial charge in [0.25, 0.3) is 0 Å². The first-order valence-corrected chi connectivity index (χ1v) is 7.76. The van der Waals surface area contributed by atoms with Gasteiger partial charge in [-0.1, -0.05) is 60.7 Å². The fourth-order valence-electron chi connectivity index (χ4n) is 2.19. The van der Waals surface area contributed by atoms with Crippen LogP contribution < -0.4 is 5.32 Å². The maximum absolute atomic E-state index is 12.2. The summed E-state index contributed by atoms with van der Waals surface area (Å²) in [6.45, 7) is 2.24. The van der Waals surface area contributed by atoms with Crippen LogP contribution in [0.4, 0.5) is 0 Å². The Kier molecular flexibility index (Phi) is 6.98. The van der Waals surface area contributed by atoms with E-state index in [1.165, 1.54) is 0 Å². The van der Waals surface area contributed by atoms with Crippen molar-refractivity contribution in [3.63, 3.8) is 0 Å². The maximum Gasteiger partial charge on any atom is 0.331 e. The highest BCUT2D eigenvalue weighted by Gasteiger charge is 2.27. The maximum atomic E-state index is 12.2. The van der Waals surface area contributed by atoms with Gasteiger partial charge in [0.15, 0.2) is 6.04 Å². The Morgan fingerprint density at radius 2 is 1.54 bits per heavy atom. The number of esters is 1. The summed E-state index contributed by atoms with van der Waals surface area (Å²) in [7, 11) is 0. The zero-order valence-corrected chi connectivity index (χ0v) is 13.6. The lowest BCUT2D eigenvalue weighted by atomic mass is 10.1. The van der Waals surface area contributed by atoms with E-state index in [0.29, 0.717) is 13.0 Å². The summed E-state index contributed by atoms with van der Waals surface area (Å²) in [5, 5.41) is 2.47. The molecule has 0 aliphatic heterocycles. The van der Waals surface area contributed by atoms with E-state index in [1.807, 2.05) is 60.7 Å². The molecule has 2 atom stereocenters. The predicted molar refractivity (Wildman–Crippen MR) is 89.9 cm³/mol. The highest BCUT2D eigenvalue weighted by atomic mass is 16.5. The van der Waals surface area contributed by atoms with Gasteiger partial charge in [0, 0.05) is 0 Å². The lowest BCUT2D eigenvalue weighted by Gasteiger charge is -2.22. The van der Waals surface area contributed by atoms with Crippen LogP contribution in [0.15, 0.2) is 60.7 Å². The van der Waals surface area contributed by atoms with Crippen LogP contribution in [-0.2, 0) is 32.3 Å². The van der Waals surface area contributed by atoms with Gasteiger partial charge in [-0.3, -0.25) is 4.79 Å². The van der Waals surface area contributed by atoms with Gasteiger partial charge in [-0.15, -0.1) is 0 Å². The smallest absolute Gasteiger partial charge is 0.331 e. The quantitative estimate of drug-likeness (QED) is 0.567. The summed E-state index contributed by atoms with van der Waals surface area (Å²) >= 11 is 0. The molecule has 2 aromatic rings. The summed E-state index contributed by atoms with van der Waals surface area (Å²) in [5.41, 5.74) is 1.88. The van der Waals surface area contributed by atoms with Crippen LogP contribution in [-0.4, -0.2) is 24.5 Å². The first kappa shape index (κ1) is 17.7. The minimum atomic E-state index is -0.852. The molecule has 0 unspecified atom stereocenters. The molecule has 0 aliphatic rings. The van der Waals surface area contributed by atoms with Crippen molar-refractivity contribution in [1.82, 2.24) is 5.32 Å². The molecule has 5 nitrogen and oxygen atoms in total. The van der Waals surface area contributed by atoms with Crippen molar-refractivity contribution in [3.8, 4) is 0 Å². The molecule has 2 rings (SSSR count). The van der Waals surface area contributed by atoms with Gasteiger partial charge in [0.2, 0.25) is 6.41 Å². The highest BCUT2D eigenvalue weighted by molar-refractivity contribution is 5.78. The van der Waals surface area contributed by atoms with Crippen molar-refractivity contribution < 1.29 is 19.1 Å². The van der Waals surface area contributed by atoms with Crippen LogP contribution in [0.5, 0.6) is 0 Å². The largest absolute Gasteiger partial charge is 0.459 e. The van der Waals surface area contributed by atoms with Gasteiger partial charge < -0.3 is 14.8 Å². The number of nitrogens with one attached hydrogen (secondary N) is 1.